The van der Waals surface area contributed by atoms with Gasteiger partial charge < -0.3 is 0 Å². The molecule has 1 spiro atoms. The zero-order valence-corrected chi connectivity index (χ0v) is 29.7. The molecule has 2 aliphatic carbocycles. The van der Waals surface area contributed by atoms with Gasteiger partial charge in [-0.25, -0.2) is 4.98 Å². The second-order valence-electron chi connectivity index (χ2n) is 15.1. The number of fused-ring (bicyclic) bond motifs is 20. The van der Waals surface area contributed by atoms with Crippen LogP contribution in [0.15, 0.2) is 188 Å². The molecule has 0 N–H and O–H groups in total. The summed E-state index contributed by atoms with van der Waals surface area (Å²) >= 11 is 0. The van der Waals surface area contributed by atoms with E-state index in [-0.39, 0.29) is 0 Å². The van der Waals surface area contributed by atoms with E-state index in [4.69, 9.17) is 4.98 Å². The first-order valence-corrected chi connectivity index (χ1v) is 19.1. The van der Waals surface area contributed by atoms with Crippen LogP contribution < -0.4 is 0 Å². The van der Waals surface area contributed by atoms with Crippen LogP contribution >= 0.6 is 0 Å². The summed E-state index contributed by atoms with van der Waals surface area (Å²) in [5.74, 6) is 0. The van der Waals surface area contributed by atoms with Gasteiger partial charge in [-0.3, -0.25) is 8.97 Å². The van der Waals surface area contributed by atoms with E-state index < -0.39 is 5.41 Å². The monoisotopic (exact) mass is 697 g/mol. The van der Waals surface area contributed by atoms with Crippen LogP contribution in [0.4, 0.5) is 0 Å². The topological polar surface area (TPSA) is 22.2 Å². The van der Waals surface area contributed by atoms with Crippen LogP contribution in [0.5, 0.6) is 0 Å². The van der Waals surface area contributed by atoms with Crippen molar-refractivity contribution in [2.45, 2.75) is 5.41 Å². The van der Waals surface area contributed by atoms with Gasteiger partial charge in [-0.2, -0.15) is 0 Å². The van der Waals surface area contributed by atoms with Crippen LogP contribution in [-0.4, -0.2) is 14.0 Å². The summed E-state index contributed by atoms with van der Waals surface area (Å²) in [7, 11) is 0. The van der Waals surface area contributed by atoms with Crippen molar-refractivity contribution in [3.63, 3.8) is 0 Å². The van der Waals surface area contributed by atoms with Crippen molar-refractivity contribution in [3.05, 3.63) is 210 Å². The highest BCUT2D eigenvalue weighted by atomic mass is 15.1. The molecule has 2 aliphatic rings. The molecule has 0 saturated carbocycles. The Bertz CT molecular complexity index is 3390. The highest BCUT2D eigenvalue weighted by Gasteiger charge is 2.51. The Labute approximate surface area is 317 Å². The van der Waals surface area contributed by atoms with Crippen molar-refractivity contribution in [1.29, 1.82) is 0 Å². The van der Waals surface area contributed by atoms with Crippen molar-refractivity contribution >= 4 is 49.4 Å². The van der Waals surface area contributed by atoms with E-state index in [0.717, 1.165) is 33.4 Å². The van der Waals surface area contributed by atoms with Crippen molar-refractivity contribution in [2.75, 3.05) is 0 Å². The lowest BCUT2D eigenvalue weighted by Crippen LogP contribution is -2.26. The summed E-state index contributed by atoms with van der Waals surface area (Å²) in [6, 6.07) is 69.4. The maximum atomic E-state index is 5.57. The van der Waals surface area contributed by atoms with Gasteiger partial charge in [0.2, 0.25) is 0 Å². The van der Waals surface area contributed by atoms with E-state index in [9.17, 15) is 0 Å². The Kier molecular flexibility index (Phi) is 5.56. The van der Waals surface area contributed by atoms with Gasteiger partial charge in [0.1, 0.15) is 11.2 Å². The number of rotatable bonds is 2. The number of hydrogen-bond donors (Lipinski definition) is 0. The standard InChI is InChI=1S/C52H31N3/c1-2-14-32(15-3-1)33-26-28-38-39-29-27-34(31-46(39)52(45(38)30-33)43-22-10-6-17-36(43)37-18-7-11-23-44(37)52)54-48-25-13-9-21-42(48)49-51(54)53-50-41-20-5-4-16-35(41)40-19-8-12-24-47(40)55(49)50/h1-31H. The van der Waals surface area contributed by atoms with Gasteiger partial charge in [0.15, 0.2) is 5.65 Å². The van der Waals surface area contributed by atoms with Gasteiger partial charge in [-0.05, 0) is 91.4 Å². The molecule has 55 heavy (non-hydrogen) atoms. The lowest BCUT2D eigenvalue weighted by molar-refractivity contribution is 0.793. The molecule has 0 atom stereocenters. The Balaban J connectivity index is 1.15. The first-order valence-electron chi connectivity index (χ1n) is 19.1. The van der Waals surface area contributed by atoms with E-state index in [0.29, 0.717) is 0 Å². The highest BCUT2D eigenvalue weighted by molar-refractivity contribution is 6.17. The number of aromatic nitrogens is 3. The van der Waals surface area contributed by atoms with Crippen molar-refractivity contribution in [3.8, 4) is 39.1 Å². The molecule has 254 valence electrons. The molecular weight excluding hydrogens is 667 g/mol. The van der Waals surface area contributed by atoms with Crippen LogP contribution in [0.25, 0.3) is 88.5 Å². The van der Waals surface area contributed by atoms with Crippen LogP contribution in [0.3, 0.4) is 0 Å². The van der Waals surface area contributed by atoms with E-state index in [1.165, 1.54) is 77.3 Å². The molecule has 0 radical (unpaired) electrons. The summed E-state index contributed by atoms with van der Waals surface area (Å²) in [4.78, 5) is 5.57. The lowest BCUT2D eigenvalue weighted by atomic mass is 9.70. The number of nitrogens with zero attached hydrogens (tertiary/aromatic N) is 3. The summed E-state index contributed by atoms with van der Waals surface area (Å²) in [6.45, 7) is 0. The van der Waals surface area contributed by atoms with Gasteiger partial charge in [-0.1, -0.05) is 158 Å². The molecule has 0 amide bonds. The SMILES string of the molecule is c1ccc(-c2ccc3c(c2)C2(c4ccccc4-c4ccccc42)c2cc(-n4c5ccccc5c5c4nc4c6ccccc6c6ccccc6n45)ccc2-3)cc1. The Hall–Kier alpha value is -7.23. The van der Waals surface area contributed by atoms with E-state index in [2.05, 4.69) is 197 Å². The zero-order chi connectivity index (χ0) is 35.8. The lowest BCUT2D eigenvalue weighted by Gasteiger charge is -2.31. The average molecular weight is 698 g/mol. The molecule has 3 heterocycles. The fourth-order valence-corrected chi connectivity index (χ4v) is 10.4. The first kappa shape index (κ1) is 29.2. The minimum atomic E-state index is -0.480. The molecule has 3 aromatic heterocycles. The smallest absolute Gasteiger partial charge is 0.165 e. The fraction of sp³-hybridized carbons (Fsp3) is 0.0192. The normalized spacial score (nSPS) is 13.6. The fourth-order valence-electron chi connectivity index (χ4n) is 10.4. The number of hydrogen-bond acceptors (Lipinski definition) is 1. The Morgan fingerprint density at radius 2 is 0.927 bits per heavy atom. The number of benzene rings is 8. The van der Waals surface area contributed by atoms with Gasteiger partial charge in [-0.15, -0.1) is 0 Å². The molecule has 0 aliphatic heterocycles. The number of pyridine rings is 1. The number of imidazole rings is 1. The minimum Gasteiger partial charge on any atom is -0.293 e. The van der Waals surface area contributed by atoms with Crippen molar-refractivity contribution in [1.82, 2.24) is 14.0 Å². The summed E-state index contributed by atoms with van der Waals surface area (Å²) in [5.41, 5.74) is 19.0. The van der Waals surface area contributed by atoms with Crippen LogP contribution in [0.1, 0.15) is 22.3 Å². The minimum absolute atomic E-state index is 0.480. The first-order chi connectivity index (χ1) is 27.3. The third-order valence-corrected chi connectivity index (χ3v) is 12.5. The number of para-hydroxylation sites is 2. The second-order valence-corrected chi connectivity index (χ2v) is 15.1. The van der Waals surface area contributed by atoms with Crippen molar-refractivity contribution in [2.24, 2.45) is 0 Å². The molecule has 0 saturated heterocycles. The average Bonchev–Trinajstić information content (AvgIpc) is 3.97. The van der Waals surface area contributed by atoms with E-state index in [1.807, 2.05) is 0 Å². The predicted molar refractivity (Wildman–Crippen MR) is 226 cm³/mol. The summed E-state index contributed by atoms with van der Waals surface area (Å²) in [6.07, 6.45) is 0. The Morgan fingerprint density at radius 3 is 1.69 bits per heavy atom. The molecule has 3 heteroatoms. The third kappa shape index (κ3) is 3.58. The largest absolute Gasteiger partial charge is 0.293 e. The predicted octanol–water partition coefficient (Wildman–Crippen LogP) is 12.7. The van der Waals surface area contributed by atoms with Crippen LogP contribution in [0, 0.1) is 0 Å². The third-order valence-electron chi connectivity index (χ3n) is 12.5. The molecule has 13 rings (SSSR count). The maximum Gasteiger partial charge on any atom is 0.165 e. The maximum absolute atomic E-state index is 5.57. The molecule has 11 aromatic rings. The quantitative estimate of drug-likeness (QED) is 0.165. The Morgan fingerprint density at radius 1 is 0.364 bits per heavy atom. The summed E-state index contributed by atoms with van der Waals surface area (Å²) in [5, 5.41) is 4.80. The molecule has 3 nitrogen and oxygen atoms in total. The molecule has 0 fully saturated rings. The molecule has 8 aromatic carbocycles. The van der Waals surface area contributed by atoms with Gasteiger partial charge >= 0.3 is 0 Å². The van der Waals surface area contributed by atoms with E-state index in [1.54, 1.807) is 0 Å². The van der Waals surface area contributed by atoms with Gasteiger partial charge in [0.25, 0.3) is 0 Å². The highest BCUT2D eigenvalue weighted by Crippen LogP contribution is 2.63. The second kappa shape index (κ2) is 10.5. The molecule has 0 unspecified atom stereocenters. The van der Waals surface area contributed by atoms with Gasteiger partial charge in [0, 0.05) is 21.8 Å². The van der Waals surface area contributed by atoms with E-state index >= 15 is 0 Å². The molecular formula is C52H31N3. The van der Waals surface area contributed by atoms with Crippen LogP contribution in [0.2, 0.25) is 0 Å². The van der Waals surface area contributed by atoms with Crippen molar-refractivity contribution < 1.29 is 0 Å². The molecule has 0 bridgehead atoms. The van der Waals surface area contributed by atoms with Gasteiger partial charge in [0.05, 0.1) is 16.4 Å². The summed E-state index contributed by atoms with van der Waals surface area (Å²) < 4.78 is 4.80. The van der Waals surface area contributed by atoms with Crippen LogP contribution in [-0.2, 0) is 5.41 Å². The zero-order valence-electron chi connectivity index (χ0n) is 29.7.